The minimum atomic E-state index is -0.541. The Bertz CT molecular complexity index is 808. The van der Waals surface area contributed by atoms with E-state index in [9.17, 15) is 4.79 Å². The summed E-state index contributed by atoms with van der Waals surface area (Å²) in [5.74, 6) is 0.608. The Morgan fingerprint density at radius 1 is 1.28 bits per heavy atom. The van der Waals surface area contributed by atoms with Gasteiger partial charge in [0, 0.05) is 25.1 Å². The van der Waals surface area contributed by atoms with Crippen LogP contribution in [0.25, 0.3) is 0 Å². The molecule has 0 saturated carbocycles. The van der Waals surface area contributed by atoms with Crippen LogP contribution in [-0.2, 0) is 14.3 Å². The number of carbonyl (C=O) groups excluding carboxylic acids is 1. The number of allylic oxidation sites excluding steroid dienone is 1. The van der Waals surface area contributed by atoms with E-state index in [-0.39, 0.29) is 24.2 Å². The van der Waals surface area contributed by atoms with E-state index in [1.807, 2.05) is 30.3 Å². The zero-order valence-electron chi connectivity index (χ0n) is 16.4. The summed E-state index contributed by atoms with van der Waals surface area (Å²) in [6, 6.07) is 11.3. The van der Waals surface area contributed by atoms with Crippen LogP contribution in [0.3, 0.4) is 0 Å². The van der Waals surface area contributed by atoms with Crippen LogP contribution in [0.5, 0.6) is 5.75 Å². The number of methoxy groups -OCH3 is 1. The minimum Gasteiger partial charge on any atom is -0.497 e. The van der Waals surface area contributed by atoms with Gasteiger partial charge in [-0.2, -0.15) is 0 Å². The third-order valence-corrected chi connectivity index (χ3v) is 4.60. The van der Waals surface area contributed by atoms with Gasteiger partial charge in [0.1, 0.15) is 5.75 Å². The smallest absolute Gasteiger partial charge is 0.290 e. The number of anilines is 1. The highest BCUT2D eigenvalue weighted by molar-refractivity contribution is 6.02. The van der Waals surface area contributed by atoms with Gasteiger partial charge in [-0.15, -0.1) is 0 Å². The molecule has 0 radical (unpaired) electrons. The molecule has 154 valence electrons. The van der Waals surface area contributed by atoms with Crippen molar-refractivity contribution < 1.29 is 24.1 Å². The zero-order chi connectivity index (χ0) is 20.5. The van der Waals surface area contributed by atoms with Crippen molar-refractivity contribution >= 4 is 11.6 Å². The number of ether oxygens (including phenoxy) is 3. The van der Waals surface area contributed by atoms with Crippen molar-refractivity contribution in [2.45, 2.75) is 31.5 Å². The largest absolute Gasteiger partial charge is 0.497 e. The summed E-state index contributed by atoms with van der Waals surface area (Å²) in [6.07, 6.45) is 6.48. The summed E-state index contributed by atoms with van der Waals surface area (Å²) in [4.78, 5) is 16.7. The van der Waals surface area contributed by atoms with Gasteiger partial charge in [0.2, 0.25) is 6.29 Å². The fraction of sp³-hybridized carbons (Fsp3) is 0.364. The van der Waals surface area contributed by atoms with Crippen LogP contribution in [-0.4, -0.2) is 42.6 Å². The molecular weight excluding hydrogens is 372 g/mol. The summed E-state index contributed by atoms with van der Waals surface area (Å²) < 4.78 is 16.9. The fourth-order valence-electron chi connectivity index (χ4n) is 3.06. The molecule has 7 heteroatoms. The number of aliphatic hydroxyl groups is 1. The molecule has 7 nitrogen and oxygen atoms in total. The summed E-state index contributed by atoms with van der Waals surface area (Å²) >= 11 is 0. The Balaban J connectivity index is 1.75. The summed E-state index contributed by atoms with van der Waals surface area (Å²) in [5, 5.41) is 11.7. The lowest BCUT2D eigenvalue weighted by Crippen LogP contribution is -2.29. The number of hydrogen-bond donors (Lipinski definition) is 2. The van der Waals surface area contributed by atoms with E-state index in [1.54, 1.807) is 31.6 Å². The number of carbonyl (C=O) groups is 1. The van der Waals surface area contributed by atoms with Crippen LogP contribution in [0, 0.1) is 0 Å². The van der Waals surface area contributed by atoms with E-state index in [0.717, 1.165) is 17.7 Å². The molecule has 3 rings (SSSR count). The molecule has 0 saturated heterocycles. The first-order valence-corrected chi connectivity index (χ1v) is 9.66. The Morgan fingerprint density at radius 3 is 2.79 bits per heavy atom. The number of amides is 1. The Morgan fingerprint density at radius 2 is 2.10 bits per heavy atom. The number of benzene rings is 1. The Hall–Kier alpha value is -2.90. The molecule has 0 bridgehead atoms. The number of aromatic nitrogens is 1. The topological polar surface area (TPSA) is 89.9 Å². The molecule has 1 aromatic heterocycles. The predicted octanol–water partition coefficient (Wildman–Crippen LogP) is 3.23. The first kappa shape index (κ1) is 20.8. The highest BCUT2D eigenvalue weighted by Gasteiger charge is 2.28. The van der Waals surface area contributed by atoms with Crippen molar-refractivity contribution in [1.29, 1.82) is 0 Å². The van der Waals surface area contributed by atoms with Gasteiger partial charge in [-0.25, -0.2) is 0 Å². The molecule has 0 aliphatic carbocycles. The number of pyridine rings is 1. The van der Waals surface area contributed by atoms with Gasteiger partial charge < -0.3 is 24.6 Å². The van der Waals surface area contributed by atoms with E-state index in [1.165, 1.54) is 0 Å². The third kappa shape index (κ3) is 6.04. The molecule has 2 heterocycles. The van der Waals surface area contributed by atoms with E-state index < -0.39 is 6.29 Å². The number of hydrogen-bond acceptors (Lipinski definition) is 6. The third-order valence-electron chi connectivity index (χ3n) is 4.60. The van der Waals surface area contributed by atoms with E-state index >= 15 is 0 Å². The lowest BCUT2D eigenvalue weighted by atomic mass is 9.93. The molecule has 1 amide bonds. The zero-order valence-corrected chi connectivity index (χ0v) is 16.4. The molecule has 2 atom stereocenters. The van der Waals surface area contributed by atoms with Gasteiger partial charge in [-0.1, -0.05) is 12.1 Å². The molecule has 1 aliphatic heterocycles. The van der Waals surface area contributed by atoms with E-state index in [2.05, 4.69) is 10.3 Å². The second-order valence-corrected chi connectivity index (χ2v) is 6.69. The van der Waals surface area contributed by atoms with Crippen LogP contribution in [0.4, 0.5) is 5.69 Å². The molecule has 0 unspecified atom stereocenters. The van der Waals surface area contributed by atoms with Crippen LogP contribution in [0.1, 0.15) is 30.7 Å². The minimum absolute atomic E-state index is 0.0350. The first-order valence-electron chi connectivity index (χ1n) is 9.66. The average molecular weight is 398 g/mol. The monoisotopic (exact) mass is 398 g/mol. The lowest BCUT2D eigenvalue weighted by molar-refractivity contribution is -0.143. The van der Waals surface area contributed by atoms with Crippen LogP contribution in [0.2, 0.25) is 0 Å². The summed E-state index contributed by atoms with van der Waals surface area (Å²) in [5.41, 5.74) is 1.64. The van der Waals surface area contributed by atoms with Crippen LogP contribution < -0.4 is 10.1 Å². The number of rotatable bonds is 9. The predicted molar refractivity (Wildman–Crippen MR) is 108 cm³/mol. The SMILES string of the molecule is COc1ccc([C@H]2C=C(C(=O)Nc3cccnc3)O[C@@H](OCCCCO)C2)cc1. The highest BCUT2D eigenvalue weighted by atomic mass is 16.7. The van der Waals surface area contributed by atoms with Gasteiger partial charge >= 0.3 is 0 Å². The van der Waals surface area contributed by atoms with Gasteiger partial charge in [0.15, 0.2) is 5.76 Å². The van der Waals surface area contributed by atoms with Crippen molar-refractivity contribution in [1.82, 2.24) is 4.98 Å². The fourth-order valence-corrected chi connectivity index (χ4v) is 3.06. The Labute approximate surface area is 170 Å². The lowest BCUT2D eigenvalue weighted by Gasteiger charge is -2.29. The van der Waals surface area contributed by atoms with Crippen molar-refractivity contribution in [3.63, 3.8) is 0 Å². The average Bonchev–Trinajstić information content (AvgIpc) is 2.77. The first-order chi connectivity index (χ1) is 14.2. The number of unbranched alkanes of at least 4 members (excludes halogenated alkanes) is 1. The van der Waals surface area contributed by atoms with Crippen LogP contribution in [0.15, 0.2) is 60.6 Å². The summed E-state index contributed by atoms with van der Waals surface area (Å²) in [6.45, 7) is 0.583. The van der Waals surface area contributed by atoms with Crippen molar-refractivity contribution in [2.75, 3.05) is 25.6 Å². The molecule has 0 fully saturated rings. The second-order valence-electron chi connectivity index (χ2n) is 6.69. The number of nitrogens with one attached hydrogen (secondary N) is 1. The summed E-state index contributed by atoms with van der Waals surface area (Å²) in [7, 11) is 1.63. The molecule has 1 aliphatic rings. The normalized spacial score (nSPS) is 18.5. The molecule has 2 N–H and O–H groups in total. The number of nitrogens with zero attached hydrogens (tertiary/aromatic N) is 1. The van der Waals surface area contributed by atoms with E-state index in [4.69, 9.17) is 19.3 Å². The standard InChI is InChI=1S/C22H26N2O5/c1-27-19-8-6-16(7-9-19)17-13-20(22(26)24-18-5-4-10-23-15-18)29-21(14-17)28-12-3-2-11-25/h4-10,13,15,17,21,25H,2-3,11-12,14H2,1H3,(H,24,26)/t17-,21+/m0/s1. The Kier molecular flexibility index (Phi) is 7.61. The molecule has 29 heavy (non-hydrogen) atoms. The van der Waals surface area contributed by atoms with E-state index in [0.29, 0.717) is 25.1 Å². The quantitative estimate of drug-likeness (QED) is 0.631. The van der Waals surface area contributed by atoms with Crippen molar-refractivity contribution in [2.24, 2.45) is 0 Å². The highest BCUT2D eigenvalue weighted by Crippen LogP contribution is 2.32. The maximum atomic E-state index is 12.7. The second kappa shape index (κ2) is 10.6. The maximum Gasteiger partial charge on any atom is 0.290 e. The molecule has 2 aromatic rings. The maximum absolute atomic E-state index is 12.7. The van der Waals surface area contributed by atoms with Gasteiger partial charge in [0.05, 0.1) is 25.6 Å². The van der Waals surface area contributed by atoms with Crippen molar-refractivity contribution in [3.05, 3.63) is 66.2 Å². The molecule has 0 spiro atoms. The molecular formula is C22H26N2O5. The van der Waals surface area contributed by atoms with Gasteiger partial charge in [-0.3, -0.25) is 9.78 Å². The van der Waals surface area contributed by atoms with Crippen molar-refractivity contribution in [3.8, 4) is 5.75 Å². The number of aliphatic hydroxyl groups excluding tert-OH is 1. The van der Waals surface area contributed by atoms with Crippen LogP contribution >= 0.6 is 0 Å². The van der Waals surface area contributed by atoms with Gasteiger partial charge in [-0.05, 0) is 48.7 Å². The van der Waals surface area contributed by atoms with Gasteiger partial charge in [0.25, 0.3) is 5.91 Å². The molecule has 1 aromatic carbocycles.